The van der Waals surface area contributed by atoms with Crippen LogP contribution < -0.4 is 0 Å². The van der Waals surface area contributed by atoms with Gasteiger partial charge in [0.2, 0.25) is 0 Å². The molecule has 1 aromatic rings. The summed E-state index contributed by atoms with van der Waals surface area (Å²) < 4.78 is 36.4. The highest BCUT2D eigenvalue weighted by Crippen LogP contribution is 2.33. The van der Waals surface area contributed by atoms with E-state index in [2.05, 4.69) is 0 Å². The Morgan fingerprint density at radius 3 is 2.38 bits per heavy atom. The summed E-state index contributed by atoms with van der Waals surface area (Å²) in [6.45, 7) is 1.50. The number of benzene rings is 1. The first kappa shape index (κ1) is 13.3. The molecular formula is C10H8F3IO2. The molecule has 1 rings (SSSR count). The minimum absolute atomic E-state index is 0.153. The fourth-order valence-electron chi connectivity index (χ4n) is 1.27. The average molecular weight is 344 g/mol. The number of carbonyl (C=O) groups is 1. The van der Waals surface area contributed by atoms with Gasteiger partial charge >= 0.3 is 12.1 Å². The molecule has 0 spiro atoms. The summed E-state index contributed by atoms with van der Waals surface area (Å²) in [7, 11) is 0. The smallest absolute Gasteiger partial charge is 0.416 e. The third kappa shape index (κ3) is 3.10. The number of rotatable bonds is 2. The quantitative estimate of drug-likeness (QED) is 0.658. The number of carboxylic acids is 1. The molecule has 0 saturated carbocycles. The maximum Gasteiger partial charge on any atom is 0.416 e. The lowest BCUT2D eigenvalue weighted by Gasteiger charge is -2.12. The lowest BCUT2D eigenvalue weighted by molar-refractivity contribution is -0.138. The molecule has 0 bridgehead atoms. The van der Waals surface area contributed by atoms with Crippen molar-refractivity contribution in [3.63, 3.8) is 0 Å². The van der Waals surface area contributed by atoms with Crippen LogP contribution in [-0.2, 0) is 11.0 Å². The van der Waals surface area contributed by atoms with E-state index in [0.29, 0.717) is 5.56 Å². The zero-order valence-electron chi connectivity index (χ0n) is 8.18. The van der Waals surface area contributed by atoms with Gasteiger partial charge in [-0.1, -0.05) is 34.2 Å². The maximum atomic E-state index is 12.5. The van der Waals surface area contributed by atoms with Gasteiger partial charge < -0.3 is 5.11 Å². The van der Waals surface area contributed by atoms with Crippen LogP contribution in [0.2, 0.25) is 0 Å². The fraction of sp³-hybridized carbons (Fsp3) is 0.300. The molecule has 16 heavy (non-hydrogen) atoms. The second kappa shape index (κ2) is 4.60. The van der Waals surface area contributed by atoms with Crippen molar-refractivity contribution in [2.75, 3.05) is 0 Å². The van der Waals surface area contributed by atoms with Crippen molar-refractivity contribution >= 4 is 28.6 Å². The van der Waals surface area contributed by atoms with Gasteiger partial charge in [0, 0.05) is 0 Å². The zero-order chi connectivity index (χ0) is 12.5. The Morgan fingerprint density at radius 1 is 1.38 bits per heavy atom. The molecule has 0 saturated heterocycles. The first-order valence-electron chi connectivity index (χ1n) is 4.27. The topological polar surface area (TPSA) is 37.3 Å². The van der Waals surface area contributed by atoms with Crippen LogP contribution in [0.4, 0.5) is 13.2 Å². The van der Waals surface area contributed by atoms with Crippen LogP contribution in [0.25, 0.3) is 0 Å². The van der Waals surface area contributed by atoms with Crippen molar-refractivity contribution in [1.82, 2.24) is 0 Å². The van der Waals surface area contributed by atoms with E-state index in [0.717, 1.165) is 12.1 Å². The molecule has 1 unspecified atom stereocenters. The Balaban J connectivity index is 3.23. The molecule has 0 heterocycles. The first-order valence-corrected chi connectivity index (χ1v) is 5.52. The molecule has 0 radical (unpaired) electrons. The maximum absolute atomic E-state index is 12.5. The van der Waals surface area contributed by atoms with E-state index in [1.165, 1.54) is 13.0 Å². The highest BCUT2D eigenvalue weighted by Gasteiger charge is 2.31. The van der Waals surface area contributed by atoms with E-state index in [-0.39, 0.29) is 5.56 Å². The SMILES string of the molecule is Cc1cc(C(I)C(=O)O)cc(C(F)(F)F)c1. The van der Waals surface area contributed by atoms with Crippen molar-refractivity contribution in [3.05, 3.63) is 34.9 Å². The molecule has 0 aliphatic heterocycles. The standard InChI is InChI=1S/C10H8F3IO2/c1-5-2-6(8(14)9(15)16)4-7(3-5)10(11,12)13/h2-4,8H,1H3,(H,15,16). The summed E-state index contributed by atoms with van der Waals surface area (Å²) in [5.41, 5.74) is -0.265. The lowest BCUT2D eigenvalue weighted by Crippen LogP contribution is -2.09. The molecule has 2 nitrogen and oxygen atoms in total. The Labute approximate surface area is 104 Å². The van der Waals surface area contributed by atoms with E-state index in [4.69, 9.17) is 5.11 Å². The second-order valence-corrected chi connectivity index (χ2v) is 4.58. The van der Waals surface area contributed by atoms with Gasteiger partial charge in [-0.05, 0) is 24.6 Å². The average Bonchev–Trinajstić information content (AvgIpc) is 2.14. The summed E-state index contributed by atoms with van der Waals surface area (Å²) in [6, 6.07) is 3.31. The van der Waals surface area contributed by atoms with Crippen molar-refractivity contribution in [2.45, 2.75) is 17.0 Å². The zero-order valence-corrected chi connectivity index (χ0v) is 10.3. The summed E-state index contributed by atoms with van der Waals surface area (Å²) >= 11 is 1.59. The van der Waals surface area contributed by atoms with Crippen molar-refractivity contribution < 1.29 is 23.1 Å². The van der Waals surface area contributed by atoms with Crippen molar-refractivity contribution in [3.8, 4) is 0 Å². The number of hydrogen-bond acceptors (Lipinski definition) is 1. The van der Waals surface area contributed by atoms with Crippen LogP contribution in [0.5, 0.6) is 0 Å². The van der Waals surface area contributed by atoms with E-state index < -0.39 is 21.6 Å². The molecule has 0 aliphatic carbocycles. The molecule has 1 atom stereocenters. The number of halogens is 4. The van der Waals surface area contributed by atoms with E-state index in [1.54, 1.807) is 22.6 Å². The van der Waals surface area contributed by atoms with Gasteiger partial charge in [-0.2, -0.15) is 13.2 Å². The van der Waals surface area contributed by atoms with Gasteiger partial charge in [0.1, 0.15) is 3.92 Å². The van der Waals surface area contributed by atoms with Crippen LogP contribution in [0.3, 0.4) is 0 Å². The molecular weight excluding hydrogens is 336 g/mol. The predicted octanol–water partition coefficient (Wildman–Crippen LogP) is 3.57. The Hall–Kier alpha value is -0.790. The number of aliphatic carboxylic acids is 1. The molecule has 0 fully saturated rings. The van der Waals surface area contributed by atoms with Gasteiger partial charge in [-0.25, -0.2) is 0 Å². The Morgan fingerprint density at radius 2 is 1.94 bits per heavy atom. The largest absolute Gasteiger partial charge is 0.480 e. The monoisotopic (exact) mass is 344 g/mol. The number of aryl methyl sites for hydroxylation is 1. The summed E-state index contributed by atoms with van der Waals surface area (Å²) in [5, 5.41) is 8.73. The lowest BCUT2D eigenvalue weighted by atomic mass is 10.0. The Bertz CT molecular complexity index is 415. The van der Waals surface area contributed by atoms with Crippen LogP contribution in [0, 0.1) is 6.92 Å². The van der Waals surface area contributed by atoms with E-state index >= 15 is 0 Å². The first-order chi connectivity index (χ1) is 7.21. The molecule has 1 N–H and O–H groups in total. The third-order valence-electron chi connectivity index (χ3n) is 1.94. The van der Waals surface area contributed by atoms with Crippen molar-refractivity contribution in [1.29, 1.82) is 0 Å². The van der Waals surface area contributed by atoms with Crippen LogP contribution in [0.1, 0.15) is 20.6 Å². The number of hydrogen-bond donors (Lipinski definition) is 1. The van der Waals surface area contributed by atoms with Gasteiger partial charge in [-0.15, -0.1) is 0 Å². The van der Waals surface area contributed by atoms with Crippen LogP contribution in [0.15, 0.2) is 18.2 Å². The van der Waals surface area contributed by atoms with Gasteiger partial charge in [0.05, 0.1) is 5.56 Å². The molecule has 0 aromatic heterocycles. The van der Waals surface area contributed by atoms with Crippen LogP contribution >= 0.6 is 22.6 Å². The normalized spacial score (nSPS) is 13.6. The van der Waals surface area contributed by atoms with Crippen LogP contribution in [-0.4, -0.2) is 11.1 Å². The molecule has 0 amide bonds. The van der Waals surface area contributed by atoms with Crippen molar-refractivity contribution in [2.24, 2.45) is 0 Å². The molecule has 6 heteroatoms. The van der Waals surface area contributed by atoms with Gasteiger partial charge in [0.25, 0.3) is 0 Å². The second-order valence-electron chi connectivity index (χ2n) is 3.33. The molecule has 1 aromatic carbocycles. The minimum Gasteiger partial charge on any atom is -0.480 e. The van der Waals surface area contributed by atoms with Gasteiger partial charge in [-0.3, -0.25) is 4.79 Å². The summed E-state index contributed by atoms with van der Waals surface area (Å²) in [4.78, 5) is 10.7. The van der Waals surface area contributed by atoms with E-state index in [1.807, 2.05) is 0 Å². The highest BCUT2D eigenvalue weighted by molar-refractivity contribution is 14.1. The number of carboxylic acid groups (broad SMARTS) is 1. The molecule has 88 valence electrons. The highest BCUT2D eigenvalue weighted by atomic mass is 127. The predicted molar refractivity (Wildman–Crippen MR) is 60.6 cm³/mol. The summed E-state index contributed by atoms with van der Waals surface area (Å²) in [6.07, 6.45) is -4.45. The number of alkyl halides is 4. The fourth-order valence-corrected chi connectivity index (χ4v) is 1.62. The molecule has 0 aliphatic rings. The minimum atomic E-state index is -4.45. The third-order valence-corrected chi connectivity index (χ3v) is 3.19. The Kier molecular flexibility index (Phi) is 3.82. The van der Waals surface area contributed by atoms with Gasteiger partial charge in [0.15, 0.2) is 0 Å². The van der Waals surface area contributed by atoms with E-state index in [9.17, 15) is 18.0 Å². The summed E-state index contributed by atoms with van der Waals surface area (Å²) in [5.74, 6) is -1.15.